The van der Waals surface area contributed by atoms with E-state index < -0.39 is 0 Å². The lowest BCUT2D eigenvalue weighted by Gasteiger charge is -2.15. The molecular weight excluding hydrogens is 294 g/mol. The third kappa shape index (κ3) is 3.23. The Morgan fingerprint density at radius 2 is 1.42 bits per heavy atom. The fourth-order valence-electron chi connectivity index (χ4n) is 3.07. The first-order chi connectivity index (χ1) is 11.5. The SMILES string of the molecule is Cc1ccc(C(C)C)c(Oc2ccc(-n3c(C)ccc3C)cc2)c1. The van der Waals surface area contributed by atoms with Gasteiger partial charge in [0.2, 0.25) is 0 Å². The second kappa shape index (κ2) is 6.56. The quantitative estimate of drug-likeness (QED) is 0.549. The monoisotopic (exact) mass is 319 g/mol. The van der Waals surface area contributed by atoms with Crippen molar-refractivity contribution in [1.29, 1.82) is 0 Å². The first-order valence-corrected chi connectivity index (χ1v) is 8.49. The van der Waals surface area contributed by atoms with Crippen LogP contribution in [0.5, 0.6) is 11.5 Å². The summed E-state index contributed by atoms with van der Waals surface area (Å²) in [6.07, 6.45) is 0. The van der Waals surface area contributed by atoms with E-state index in [9.17, 15) is 0 Å². The lowest BCUT2D eigenvalue weighted by Crippen LogP contribution is -1.99. The van der Waals surface area contributed by atoms with Gasteiger partial charge in [-0.2, -0.15) is 0 Å². The van der Waals surface area contributed by atoms with Crippen LogP contribution in [0.1, 0.15) is 42.3 Å². The average Bonchev–Trinajstić information content (AvgIpc) is 2.87. The topological polar surface area (TPSA) is 14.2 Å². The van der Waals surface area contributed by atoms with E-state index >= 15 is 0 Å². The Labute approximate surface area is 144 Å². The molecule has 0 N–H and O–H groups in total. The minimum absolute atomic E-state index is 0.435. The van der Waals surface area contributed by atoms with Crippen LogP contribution in [-0.2, 0) is 0 Å². The molecule has 0 bridgehead atoms. The minimum atomic E-state index is 0.435. The van der Waals surface area contributed by atoms with Gasteiger partial charge in [-0.05, 0) is 80.3 Å². The largest absolute Gasteiger partial charge is 0.457 e. The Bertz CT molecular complexity index is 821. The van der Waals surface area contributed by atoms with Gasteiger partial charge in [0.15, 0.2) is 0 Å². The molecule has 0 saturated carbocycles. The molecule has 2 nitrogen and oxygen atoms in total. The molecule has 0 atom stereocenters. The third-order valence-electron chi connectivity index (χ3n) is 4.38. The highest BCUT2D eigenvalue weighted by Gasteiger charge is 2.10. The maximum absolute atomic E-state index is 6.18. The van der Waals surface area contributed by atoms with Crippen molar-refractivity contribution in [2.45, 2.75) is 40.5 Å². The molecule has 2 heteroatoms. The van der Waals surface area contributed by atoms with E-state index in [4.69, 9.17) is 4.74 Å². The first kappa shape index (κ1) is 16.4. The average molecular weight is 319 g/mol. The van der Waals surface area contributed by atoms with Gasteiger partial charge in [-0.25, -0.2) is 0 Å². The van der Waals surface area contributed by atoms with Crippen molar-refractivity contribution in [3.63, 3.8) is 0 Å². The van der Waals surface area contributed by atoms with Crippen molar-refractivity contribution < 1.29 is 4.74 Å². The molecule has 3 rings (SSSR count). The number of aromatic nitrogens is 1. The molecule has 0 spiro atoms. The summed E-state index contributed by atoms with van der Waals surface area (Å²) >= 11 is 0. The molecule has 0 aliphatic heterocycles. The predicted octanol–water partition coefficient (Wildman–Crippen LogP) is 6.32. The summed E-state index contributed by atoms with van der Waals surface area (Å²) in [5.41, 5.74) is 6.09. The summed E-state index contributed by atoms with van der Waals surface area (Å²) in [7, 11) is 0. The van der Waals surface area contributed by atoms with E-state index in [1.807, 2.05) is 12.1 Å². The van der Waals surface area contributed by atoms with Crippen molar-refractivity contribution in [1.82, 2.24) is 4.57 Å². The van der Waals surface area contributed by atoms with E-state index in [1.165, 1.54) is 22.5 Å². The van der Waals surface area contributed by atoms with Crippen molar-refractivity contribution >= 4 is 0 Å². The molecule has 2 aromatic carbocycles. The van der Waals surface area contributed by atoms with E-state index in [0.29, 0.717) is 5.92 Å². The van der Waals surface area contributed by atoms with Crippen LogP contribution in [0.2, 0.25) is 0 Å². The molecule has 0 saturated heterocycles. The Hall–Kier alpha value is -2.48. The summed E-state index contributed by atoms with van der Waals surface area (Å²) in [5, 5.41) is 0. The lowest BCUT2D eigenvalue weighted by atomic mass is 10.0. The van der Waals surface area contributed by atoms with Crippen LogP contribution in [-0.4, -0.2) is 4.57 Å². The molecule has 0 aliphatic carbocycles. The summed E-state index contributed by atoms with van der Waals surface area (Å²) in [6.45, 7) is 10.7. The van der Waals surface area contributed by atoms with Crippen LogP contribution in [0, 0.1) is 20.8 Å². The third-order valence-corrected chi connectivity index (χ3v) is 4.38. The lowest BCUT2D eigenvalue weighted by molar-refractivity contribution is 0.472. The standard InChI is InChI=1S/C22H25NO/c1-15(2)21-13-6-16(3)14-22(21)24-20-11-9-19(10-12-20)23-17(4)7-8-18(23)5/h6-15H,1-5H3. The summed E-state index contributed by atoms with van der Waals surface area (Å²) in [6, 6.07) is 19.0. The van der Waals surface area contributed by atoms with Gasteiger partial charge >= 0.3 is 0 Å². The molecule has 0 aliphatic rings. The normalized spacial score (nSPS) is 11.1. The zero-order chi connectivity index (χ0) is 17.3. The maximum Gasteiger partial charge on any atom is 0.131 e. The maximum atomic E-state index is 6.18. The summed E-state index contributed by atoms with van der Waals surface area (Å²) in [5.74, 6) is 2.25. The van der Waals surface area contributed by atoms with E-state index in [1.54, 1.807) is 0 Å². The minimum Gasteiger partial charge on any atom is -0.457 e. The van der Waals surface area contributed by atoms with Crippen LogP contribution in [0.3, 0.4) is 0 Å². The number of rotatable bonds is 4. The van der Waals surface area contributed by atoms with Crippen molar-refractivity contribution in [2.75, 3.05) is 0 Å². The highest BCUT2D eigenvalue weighted by atomic mass is 16.5. The van der Waals surface area contributed by atoms with Gasteiger partial charge in [0.1, 0.15) is 11.5 Å². The zero-order valence-corrected chi connectivity index (χ0v) is 15.1. The van der Waals surface area contributed by atoms with Crippen molar-refractivity contribution in [3.8, 4) is 17.2 Å². The fraction of sp³-hybridized carbons (Fsp3) is 0.273. The van der Waals surface area contributed by atoms with Crippen LogP contribution in [0.25, 0.3) is 5.69 Å². The van der Waals surface area contributed by atoms with Crippen molar-refractivity contribution in [2.24, 2.45) is 0 Å². The van der Waals surface area contributed by atoms with Gasteiger partial charge in [0.25, 0.3) is 0 Å². The molecule has 0 amide bonds. The smallest absolute Gasteiger partial charge is 0.131 e. The van der Waals surface area contributed by atoms with Gasteiger partial charge in [0, 0.05) is 17.1 Å². The molecule has 124 valence electrons. The predicted molar refractivity (Wildman–Crippen MR) is 101 cm³/mol. The Morgan fingerprint density at radius 3 is 2.00 bits per heavy atom. The Morgan fingerprint density at radius 1 is 0.792 bits per heavy atom. The van der Waals surface area contributed by atoms with E-state index in [0.717, 1.165) is 17.2 Å². The molecule has 1 heterocycles. The number of aryl methyl sites for hydroxylation is 3. The number of benzene rings is 2. The Balaban J connectivity index is 1.89. The fourth-order valence-corrected chi connectivity index (χ4v) is 3.07. The van der Waals surface area contributed by atoms with Gasteiger partial charge < -0.3 is 9.30 Å². The number of nitrogens with zero attached hydrogens (tertiary/aromatic N) is 1. The van der Waals surface area contributed by atoms with Crippen molar-refractivity contribution in [3.05, 3.63) is 77.1 Å². The first-order valence-electron chi connectivity index (χ1n) is 8.49. The molecular formula is C22H25NO. The molecule has 3 aromatic rings. The van der Waals surface area contributed by atoms with Crippen LogP contribution in [0.4, 0.5) is 0 Å². The van der Waals surface area contributed by atoms with Gasteiger partial charge in [-0.1, -0.05) is 26.0 Å². The number of hydrogen-bond donors (Lipinski definition) is 0. The van der Waals surface area contributed by atoms with E-state index in [-0.39, 0.29) is 0 Å². The van der Waals surface area contributed by atoms with Crippen LogP contribution < -0.4 is 4.74 Å². The molecule has 1 aromatic heterocycles. The van der Waals surface area contributed by atoms with Crippen LogP contribution in [0.15, 0.2) is 54.6 Å². The second-order valence-electron chi connectivity index (χ2n) is 6.74. The number of hydrogen-bond acceptors (Lipinski definition) is 1. The van der Waals surface area contributed by atoms with E-state index in [2.05, 4.69) is 81.7 Å². The van der Waals surface area contributed by atoms with Gasteiger partial charge in [-0.3, -0.25) is 0 Å². The molecule has 0 radical (unpaired) electrons. The molecule has 0 unspecified atom stereocenters. The van der Waals surface area contributed by atoms with Crippen LogP contribution >= 0.6 is 0 Å². The highest BCUT2D eigenvalue weighted by Crippen LogP contribution is 2.32. The van der Waals surface area contributed by atoms with Gasteiger partial charge in [-0.15, -0.1) is 0 Å². The Kier molecular flexibility index (Phi) is 4.48. The molecule has 24 heavy (non-hydrogen) atoms. The number of ether oxygens (including phenoxy) is 1. The summed E-state index contributed by atoms with van der Waals surface area (Å²) in [4.78, 5) is 0. The summed E-state index contributed by atoms with van der Waals surface area (Å²) < 4.78 is 8.42. The second-order valence-corrected chi connectivity index (χ2v) is 6.74. The highest BCUT2D eigenvalue weighted by molar-refractivity contribution is 5.45. The van der Waals surface area contributed by atoms with Gasteiger partial charge in [0.05, 0.1) is 0 Å². The molecule has 0 fully saturated rings. The zero-order valence-electron chi connectivity index (χ0n) is 15.1.